The lowest BCUT2D eigenvalue weighted by molar-refractivity contribution is 0.0690. The molecule has 0 aromatic carbocycles. The zero-order valence-electron chi connectivity index (χ0n) is 10.4. The van der Waals surface area contributed by atoms with E-state index in [9.17, 15) is 9.59 Å². The number of H-pyrrole nitrogens is 1. The summed E-state index contributed by atoms with van der Waals surface area (Å²) in [6.45, 7) is 1.67. The normalized spacial score (nSPS) is 18.4. The van der Waals surface area contributed by atoms with E-state index in [1.165, 1.54) is 0 Å². The predicted molar refractivity (Wildman–Crippen MR) is 66.6 cm³/mol. The van der Waals surface area contributed by atoms with Crippen LogP contribution in [-0.4, -0.2) is 21.8 Å². The molecule has 1 aliphatic rings. The quantitative estimate of drug-likeness (QED) is 0.868. The van der Waals surface area contributed by atoms with Crippen LogP contribution in [0.5, 0.6) is 0 Å². The van der Waals surface area contributed by atoms with E-state index in [1.54, 1.807) is 19.3 Å². The summed E-state index contributed by atoms with van der Waals surface area (Å²) in [4.78, 5) is 26.2. The summed E-state index contributed by atoms with van der Waals surface area (Å²) in [6.07, 6.45) is 2.54. The monoisotopic (exact) mass is 259 g/mol. The SMILES string of the molecule is Cc1c(C(=O)O)[nH]c2c1C(=O)C[C@H](c1ccco1)C2. The van der Waals surface area contributed by atoms with E-state index in [-0.39, 0.29) is 17.4 Å². The molecule has 5 nitrogen and oxygen atoms in total. The van der Waals surface area contributed by atoms with Crippen LogP contribution in [0.2, 0.25) is 0 Å². The zero-order valence-corrected chi connectivity index (χ0v) is 10.4. The second-order valence-electron chi connectivity index (χ2n) is 4.83. The number of carboxylic acid groups (broad SMARTS) is 1. The van der Waals surface area contributed by atoms with E-state index in [4.69, 9.17) is 9.52 Å². The Hall–Kier alpha value is -2.30. The van der Waals surface area contributed by atoms with Gasteiger partial charge >= 0.3 is 5.97 Å². The minimum absolute atomic E-state index is 0.0188. The third-order valence-corrected chi connectivity index (χ3v) is 3.65. The Labute approximate surface area is 109 Å². The number of nitrogens with one attached hydrogen (secondary N) is 1. The van der Waals surface area contributed by atoms with Crippen molar-refractivity contribution in [2.75, 3.05) is 0 Å². The molecule has 1 aliphatic carbocycles. The van der Waals surface area contributed by atoms with E-state index >= 15 is 0 Å². The van der Waals surface area contributed by atoms with Crippen LogP contribution in [0.4, 0.5) is 0 Å². The molecule has 2 N–H and O–H groups in total. The average molecular weight is 259 g/mol. The van der Waals surface area contributed by atoms with Crippen LogP contribution in [-0.2, 0) is 6.42 Å². The molecule has 2 heterocycles. The molecule has 3 rings (SSSR count). The number of carbonyl (C=O) groups is 2. The van der Waals surface area contributed by atoms with Crippen molar-refractivity contribution >= 4 is 11.8 Å². The van der Waals surface area contributed by atoms with Gasteiger partial charge in [-0.1, -0.05) is 0 Å². The highest BCUT2D eigenvalue weighted by Gasteiger charge is 2.32. The van der Waals surface area contributed by atoms with Gasteiger partial charge in [0, 0.05) is 23.6 Å². The van der Waals surface area contributed by atoms with Gasteiger partial charge in [-0.2, -0.15) is 0 Å². The molecule has 0 saturated carbocycles. The second kappa shape index (κ2) is 4.12. The minimum atomic E-state index is -1.03. The number of fused-ring (bicyclic) bond motifs is 1. The number of aromatic nitrogens is 1. The van der Waals surface area contributed by atoms with Gasteiger partial charge in [0.25, 0.3) is 0 Å². The Bertz CT molecular complexity index is 651. The summed E-state index contributed by atoms with van der Waals surface area (Å²) >= 11 is 0. The van der Waals surface area contributed by atoms with E-state index in [1.807, 2.05) is 6.07 Å². The predicted octanol–water partition coefficient (Wildman–Crippen LogP) is 2.53. The highest BCUT2D eigenvalue weighted by Crippen LogP contribution is 2.35. The molecule has 2 aromatic heterocycles. The van der Waals surface area contributed by atoms with Gasteiger partial charge in [-0.05, 0) is 31.0 Å². The standard InChI is InChI=1S/C14H13NO4/c1-7-12-9(15-13(7)14(17)18)5-8(6-10(12)16)11-3-2-4-19-11/h2-4,8,15H,5-6H2,1H3,(H,17,18)/t8-/m1/s1. The third-order valence-electron chi connectivity index (χ3n) is 3.65. The highest BCUT2D eigenvalue weighted by atomic mass is 16.4. The zero-order chi connectivity index (χ0) is 13.6. The molecule has 0 aliphatic heterocycles. The van der Waals surface area contributed by atoms with Crippen molar-refractivity contribution in [1.29, 1.82) is 0 Å². The first-order valence-electron chi connectivity index (χ1n) is 6.09. The highest BCUT2D eigenvalue weighted by molar-refractivity contribution is 6.03. The van der Waals surface area contributed by atoms with Gasteiger partial charge in [-0.3, -0.25) is 4.79 Å². The van der Waals surface area contributed by atoms with Crippen LogP contribution in [0.15, 0.2) is 22.8 Å². The first-order valence-corrected chi connectivity index (χ1v) is 6.09. The number of aromatic amines is 1. The topological polar surface area (TPSA) is 83.3 Å². The molecule has 2 aromatic rings. The van der Waals surface area contributed by atoms with Crippen LogP contribution >= 0.6 is 0 Å². The number of ketones is 1. The van der Waals surface area contributed by atoms with Gasteiger partial charge < -0.3 is 14.5 Å². The fourth-order valence-corrected chi connectivity index (χ4v) is 2.77. The molecule has 0 unspecified atom stereocenters. The largest absolute Gasteiger partial charge is 0.477 e. The fraction of sp³-hybridized carbons (Fsp3) is 0.286. The van der Waals surface area contributed by atoms with Crippen molar-refractivity contribution in [2.45, 2.75) is 25.7 Å². The molecule has 0 fully saturated rings. The Morgan fingerprint density at radius 3 is 2.89 bits per heavy atom. The van der Waals surface area contributed by atoms with Crippen molar-refractivity contribution in [1.82, 2.24) is 4.98 Å². The summed E-state index contributed by atoms with van der Waals surface area (Å²) in [5.74, 6) is -0.309. The molecule has 0 spiro atoms. The lowest BCUT2D eigenvalue weighted by atomic mass is 9.84. The molecule has 0 saturated heterocycles. The Kier molecular flexibility index (Phi) is 2.55. The van der Waals surface area contributed by atoms with Crippen LogP contribution in [0, 0.1) is 6.92 Å². The molecule has 98 valence electrons. The molecule has 19 heavy (non-hydrogen) atoms. The summed E-state index contributed by atoms with van der Waals surface area (Å²) in [7, 11) is 0. The smallest absolute Gasteiger partial charge is 0.352 e. The maximum Gasteiger partial charge on any atom is 0.352 e. The van der Waals surface area contributed by atoms with Crippen LogP contribution in [0.1, 0.15) is 50.2 Å². The van der Waals surface area contributed by atoms with Crippen LogP contribution < -0.4 is 0 Å². The molecule has 5 heteroatoms. The number of carboxylic acids is 1. The van der Waals surface area contributed by atoms with E-state index in [0.29, 0.717) is 29.7 Å². The number of aromatic carboxylic acids is 1. The van der Waals surface area contributed by atoms with Crippen molar-refractivity contribution in [3.05, 3.63) is 46.7 Å². The summed E-state index contributed by atoms with van der Waals surface area (Å²) in [5, 5.41) is 9.09. The van der Waals surface area contributed by atoms with Gasteiger partial charge in [0.2, 0.25) is 0 Å². The fourth-order valence-electron chi connectivity index (χ4n) is 2.77. The number of hydrogen-bond acceptors (Lipinski definition) is 3. The van der Waals surface area contributed by atoms with Gasteiger partial charge in [-0.25, -0.2) is 4.79 Å². The van der Waals surface area contributed by atoms with E-state index < -0.39 is 5.97 Å². The Morgan fingerprint density at radius 2 is 2.26 bits per heavy atom. The maximum atomic E-state index is 12.2. The number of hydrogen-bond donors (Lipinski definition) is 2. The summed E-state index contributed by atoms with van der Waals surface area (Å²) < 4.78 is 5.34. The van der Waals surface area contributed by atoms with E-state index in [0.717, 1.165) is 5.76 Å². The molecular weight excluding hydrogens is 246 g/mol. The number of rotatable bonds is 2. The van der Waals surface area contributed by atoms with Gasteiger partial charge in [0.15, 0.2) is 5.78 Å². The van der Waals surface area contributed by atoms with Gasteiger partial charge in [-0.15, -0.1) is 0 Å². The van der Waals surface area contributed by atoms with E-state index in [2.05, 4.69) is 4.98 Å². The van der Waals surface area contributed by atoms with Crippen molar-refractivity contribution < 1.29 is 19.1 Å². The van der Waals surface area contributed by atoms with Gasteiger partial charge in [0.1, 0.15) is 11.5 Å². The lowest BCUT2D eigenvalue weighted by Gasteiger charge is -2.19. The van der Waals surface area contributed by atoms with Crippen LogP contribution in [0.3, 0.4) is 0 Å². The third kappa shape index (κ3) is 1.78. The summed E-state index contributed by atoms with van der Waals surface area (Å²) in [5.41, 5.74) is 1.89. The van der Waals surface area contributed by atoms with Crippen molar-refractivity contribution in [2.24, 2.45) is 0 Å². The molecule has 0 radical (unpaired) electrons. The number of furan rings is 1. The summed E-state index contributed by atoms with van der Waals surface area (Å²) in [6, 6.07) is 3.63. The van der Waals surface area contributed by atoms with Crippen LogP contribution in [0.25, 0.3) is 0 Å². The number of Topliss-reactive ketones (excluding diaryl/α,β-unsaturated/α-hetero) is 1. The molecule has 1 atom stereocenters. The average Bonchev–Trinajstić information content (AvgIpc) is 2.96. The van der Waals surface area contributed by atoms with Crippen molar-refractivity contribution in [3.8, 4) is 0 Å². The molecule has 0 amide bonds. The first-order chi connectivity index (χ1) is 9.08. The second-order valence-corrected chi connectivity index (χ2v) is 4.83. The van der Waals surface area contributed by atoms with Gasteiger partial charge in [0.05, 0.1) is 6.26 Å². The first kappa shape index (κ1) is 11.8. The Morgan fingerprint density at radius 1 is 1.47 bits per heavy atom. The van der Waals surface area contributed by atoms with Crippen molar-refractivity contribution in [3.63, 3.8) is 0 Å². The molecular formula is C14H13NO4. The minimum Gasteiger partial charge on any atom is -0.477 e. The molecule has 0 bridgehead atoms. The number of carbonyl (C=O) groups excluding carboxylic acids is 1. The lowest BCUT2D eigenvalue weighted by Crippen LogP contribution is -2.18. The Balaban J connectivity index is 2.03. The maximum absolute atomic E-state index is 12.2.